The van der Waals surface area contributed by atoms with Crippen molar-refractivity contribution in [3.63, 3.8) is 0 Å². The lowest BCUT2D eigenvalue weighted by Gasteiger charge is -2.18. The number of rotatable bonds is 5. The zero-order valence-electron chi connectivity index (χ0n) is 13.2. The summed E-state index contributed by atoms with van der Waals surface area (Å²) in [4.78, 5) is 23.8. The predicted octanol–water partition coefficient (Wildman–Crippen LogP) is 2.44. The van der Waals surface area contributed by atoms with E-state index in [2.05, 4.69) is 10.6 Å². The van der Waals surface area contributed by atoms with Gasteiger partial charge in [-0.1, -0.05) is 42.5 Å². The maximum Gasteiger partial charge on any atom is 0.313 e. The topological polar surface area (TPSA) is 67.4 Å². The average molecular weight is 312 g/mol. The van der Waals surface area contributed by atoms with Gasteiger partial charge in [-0.05, 0) is 30.2 Å². The molecule has 2 amide bonds. The molecule has 2 rings (SSSR count). The minimum absolute atomic E-state index is 0.225. The molecule has 0 saturated carbocycles. The van der Waals surface area contributed by atoms with Gasteiger partial charge in [0, 0.05) is 19.3 Å². The van der Waals surface area contributed by atoms with Crippen molar-refractivity contribution in [2.45, 2.75) is 13.0 Å². The molecule has 2 N–H and O–H groups in total. The summed E-state index contributed by atoms with van der Waals surface area (Å²) in [6.45, 7) is 2.20. The summed E-state index contributed by atoms with van der Waals surface area (Å²) in [5.74, 6) is -1.39. The molecule has 0 aliphatic rings. The first-order valence-electron chi connectivity index (χ1n) is 7.34. The Hall–Kier alpha value is -2.66. The van der Waals surface area contributed by atoms with Gasteiger partial charge in [-0.2, -0.15) is 0 Å². The number of ether oxygens (including phenoxy) is 1. The summed E-state index contributed by atoms with van der Waals surface area (Å²) >= 11 is 0. The van der Waals surface area contributed by atoms with Crippen molar-refractivity contribution in [2.24, 2.45) is 0 Å². The first kappa shape index (κ1) is 16.7. The second-order valence-electron chi connectivity index (χ2n) is 5.11. The van der Waals surface area contributed by atoms with E-state index in [4.69, 9.17) is 4.74 Å². The number of carbonyl (C=O) groups excluding carboxylic acids is 2. The molecule has 2 aromatic rings. The monoisotopic (exact) mass is 312 g/mol. The van der Waals surface area contributed by atoms with Crippen LogP contribution in [0.4, 0.5) is 5.69 Å². The fraction of sp³-hybridized carbons (Fsp3) is 0.222. The van der Waals surface area contributed by atoms with Gasteiger partial charge in [0.05, 0.1) is 6.10 Å². The Morgan fingerprint density at radius 2 is 1.65 bits per heavy atom. The second-order valence-corrected chi connectivity index (χ2v) is 5.11. The molecule has 0 radical (unpaired) electrons. The zero-order chi connectivity index (χ0) is 16.7. The van der Waals surface area contributed by atoms with E-state index in [1.807, 2.05) is 37.3 Å². The molecule has 0 aliphatic carbocycles. The summed E-state index contributed by atoms with van der Waals surface area (Å²) < 4.78 is 5.42. The van der Waals surface area contributed by atoms with E-state index in [0.717, 1.165) is 11.1 Å². The minimum Gasteiger partial charge on any atom is -0.375 e. The molecular weight excluding hydrogens is 292 g/mol. The van der Waals surface area contributed by atoms with E-state index < -0.39 is 11.8 Å². The summed E-state index contributed by atoms with van der Waals surface area (Å²) in [5.41, 5.74) is 2.64. The number of methoxy groups -OCH3 is 1. The van der Waals surface area contributed by atoms with Gasteiger partial charge in [0.15, 0.2) is 0 Å². The number of para-hydroxylation sites is 1. The quantitative estimate of drug-likeness (QED) is 0.833. The molecule has 2 aromatic carbocycles. The molecular formula is C18H20N2O3. The molecule has 0 heterocycles. The molecule has 0 saturated heterocycles. The first-order valence-corrected chi connectivity index (χ1v) is 7.34. The van der Waals surface area contributed by atoms with Crippen molar-refractivity contribution in [3.8, 4) is 0 Å². The molecule has 0 fully saturated rings. The molecule has 1 unspecified atom stereocenters. The summed E-state index contributed by atoms with van der Waals surface area (Å²) in [6, 6.07) is 16.6. The Balaban J connectivity index is 1.92. The van der Waals surface area contributed by atoms with Crippen molar-refractivity contribution in [1.82, 2.24) is 5.32 Å². The zero-order valence-corrected chi connectivity index (χ0v) is 13.2. The van der Waals surface area contributed by atoms with Crippen LogP contribution in [0.1, 0.15) is 17.2 Å². The first-order chi connectivity index (χ1) is 11.1. The van der Waals surface area contributed by atoms with Crippen LogP contribution < -0.4 is 10.6 Å². The molecule has 0 aliphatic heterocycles. The Labute approximate surface area is 135 Å². The van der Waals surface area contributed by atoms with E-state index in [9.17, 15) is 9.59 Å². The van der Waals surface area contributed by atoms with Gasteiger partial charge in [-0.3, -0.25) is 9.59 Å². The Bertz CT molecular complexity index is 671. The van der Waals surface area contributed by atoms with Crippen LogP contribution in [-0.2, 0) is 14.3 Å². The molecule has 0 bridgehead atoms. The normalized spacial score (nSPS) is 11.6. The van der Waals surface area contributed by atoms with Crippen LogP contribution in [0.15, 0.2) is 54.6 Å². The highest BCUT2D eigenvalue weighted by molar-refractivity contribution is 6.39. The molecule has 5 nitrogen and oxygen atoms in total. The number of nitrogens with one attached hydrogen (secondary N) is 2. The van der Waals surface area contributed by atoms with Crippen LogP contribution in [-0.4, -0.2) is 25.5 Å². The lowest BCUT2D eigenvalue weighted by molar-refractivity contribution is -0.136. The highest BCUT2D eigenvalue weighted by atomic mass is 16.5. The number of hydrogen-bond donors (Lipinski definition) is 2. The minimum atomic E-state index is -0.698. The second kappa shape index (κ2) is 8.10. The fourth-order valence-electron chi connectivity index (χ4n) is 2.24. The van der Waals surface area contributed by atoms with Gasteiger partial charge < -0.3 is 15.4 Å². The van der Waals surface area contributed by atoms with Crippen LogP contribution in [0.3, 0.4) is 0 Å². The third-order valence-electron chi connectivity index (χ3n) is 3.51. The number of amides is 2. The smallest absolute Gasteiger partial charge is 0.313 e. The van der Waals surface area contributed by atoms with Gasteiger partial charge in [0.25, 0.3) is 0 Å². The highest BCUT2D eigenvalue weighted by Crippen LogP contribution is 2.19. The molecule has 120 valence electrons. The number of carbonyl (C=O) groups is 2. The standard InChI is InChI=1S/C18H20N2O3/c1-13-8-6-7-11-15(13)16(23-2)12-19-17(21)18(22)20-14-9-4-3-5-10-14/h3-11,16H,12H2,1-2H3,(H,19,21)(H,20,22). The third kappa shape index (κ3) is 4.66. The Morgan fingerprint density at radius 1 is 1.00 bits per heavy atom. The SMILES string of the molecule is COC(CNC(=O)C(=O)Nc1ccccc1)c1ccccc1C. The van der Waals surface area contributed by atoms with Crippen molar-refractivity contribution in [1.29, 1.82) is 0 Å². The van der Waals surface area contributed by atoms with Gasteiger partial charge in [-0.15, -0.1) is 0 Å². The molecule has 23 heavy (non-hydrogen) atoms. The molecule has 0 aromatic heterocycles. The average Bonchev–Trinajstić information content (AvgIpc) is 2.57. The molecule has 1 atom stereocenters. The largest absolute Gasteiger partial charge is 0.375 e. The van der Waals surface area contributed by atoms with Gasteiger partial charge in [0.2, 0.25) is 0 Å². The van der Waals surface area contributed by atoms with Crippen LogP contribution in [0.5, 0.6) is 0 Å². The highest BCUT2D eigenvalue weighted by Gasteiger charge is 2.18. The Morgan fingerprint density at radius 3 is 2.30 bits per heavy atom. The third-order valence-corrected chi connectivity index (χ3v) is 3.51. The number of hydrogen-bond acceptors (Lipinski definition) is 3. The van der Waals surface area contributed by atoms with E-state index in [0.29, 0.717) is 5.69 Å². The van der Waals surface area contributed by atoms with Gasteiger partial charge in [-0.25, -0.2) is 0 Å². The lowest BCUT2D eigenvalue weighted by Crippen LogP contribution is -2.38. The van der Waals surface area contributed by atoms with E-state index in [1.54, 1.807) is 31.4 Å². The van der Waals surface area contributed by atoms with Crippen molar-refractivity contribution >= 4 is 17.5 Å². The van der Waals surface area contributed by atoms with Gasteiger partial charge in [0.1, 0.15) is 0 Å². The number of aryl methyl sites for hydroxylation is 1. The number of anilines is 1. The van der Waals surface area contributed by atoms with Gasteiger partial charge >= 0.3 is 11.8 Å². The van der Waals surface area contributed by atoms with Crippen LogP contribution in [0.2, 0.25) is 0 Å². The van der Waals surface area contributed by atoms with Crippen molar-refractivity contribution in [3.05, 3.63) is 65.7 Å². The lowest BCUT2D eigenvalue weighted by atomic mass is 10.0. The number of benzene rings is 2. The Kier molecular flexibility index (Phi) is 5.88. The summed E-state index contributed by atoms with van der Waals surface area (Å²) in [5, 5.41) is 5.15. The van der Waals surface area contributed by atoms with Crippen molar-refractivity contribution in [2.75, 3.05) is 19.0 Å². The van der Waals surface area contributed by atoms with Crippen LogP contribution in [0, 0.1) is 6.92 Å². The molecule has 0 spiro atoms. The predicted molar refractivity (Wildman–Crippen MR) is 89.0 cm³/mol. The van der Waals surface area contributed by atoms with Crippen LogP contribution >= 0.6 is 0 Å². The summed E-state index contributed by atoms with van der Waals surface area (Å²) in [6.07, 6.45) is -0.301. The summed E-state index contributed by atoms with van der Waals surface area (Å²) in [7, 11) is 1.58. The maximum absolute atomic E-state index is 11.9. The fourth-order valence-corrected chi connectivity index (χ4v) is 2.24. The van der Waals surface area contributed by atoms with E-state index in [1.165, 1.54) is 0 Å². The van der Waals surface area contributed by atoms with Crippen LogP contribution in [0.25, 0.3) is 0 Å². The maximum atomic E-state index is 11.9. The van der Waals surface area contributed by atoms with E-state index >= 15 is 0 Å². The van der Waals surface area contributed by atoms with Crippen molar-refractivity contribution < 1.29 is 14.3 Å². The van der Waals surface area contributed by atoms with E-state index in [-0.39, 0.29) is 12.6 Å². The molecule has 5 heteroatoms.